The van der Waals surface area contributed by atoms with E-state index in [2.05, 4.69) is 27.8 Å². The number of nitrogens with two attached hydrogens (primary N) is 1. The Hall–Kier alpha value is -2.00. The molecule has 112 valence electrons. The maximum absolute atomic E-state index is 10.9. The molecule has 0 radical (unpaired) electrons. The normalized spacial score (nSPS) is 9.77. The van der Waals surface area contributed by atoms with Crippen molar-refractivity contribution < 1.29 is 14.6 Å². The highest BCUT2D eigenvalue weighted by atomic mass is 79.9. The van der Waals surface area contributed by atoms with Crippen molar-refractivity contribution >= 4 is 33.6 Å². The topological polar surface area (TPSA) is 72.6 Å². The Labute approximate surface area is 141 Å². The van der Waals surface area contributed by atoms with Gasteiger partial charge < -0.3 is 15.6 Å². The van der Waals surface area contributed by atoms with Gasteiger partial charge in [-0.2, -0.15) is 0 Å². The lowest BCUT2D eigenvalue weighted by Crippen LogP contribution is -2.16. The zero-order valence-electron chi connectivity index (χ0n) is 11.3. The van der Waals surface area contributed by atoms with Crippen molar-refractivity contribution in [2.45, 2.75) is 6.61 Å². The van der Waals surface area contributed by atoms with Crippen LogP contribution in [0.5, 0.6) is 5.75 Å². The fourth-order valence-corrected chi connectivity index (χ4v) is 2.36. The molecule has 3 N–H and O–H groups in total. The van der Waals surface area contributed by atoms with Crippen LogP contribution < -0.4 is 10.5 Å². The van der Waals surface area contributed by atoms with Crippen molar-refractivity contribution in [2.24, 2.45) is 5.73 Å². The minimum absolute atomic E-state index is 0.234. The number of ether oxygens (including phenoxy) is 1. The van der Waals surface area contributed by atoms with E-state index in [1.807, 2.05) is 0 Å². The number of hydrogen-bond donors (Lipinski definition) is 2. The summed E-state index contributed by atoms with van der Waals surface area (Å²) in [5.74, 6) is 6.08. The highest BCUT2D eigenvalue weighted by Crippen LogP contribution is 2.28. The number of rotatable bonds is 2. The molecule has 0 saturated heterocycles. The van der Waals surface area contributed by atoms with E-state index in [4.69, 9.17) is 22.1 Å². The van der Waals surface area contributed by atoms with Crippen LogP contribution in [-0.4, -0.2) is 11.2 Å². The van der Waals surface area contributed by atoms with Gasteiger partial charge >= 0.3 is 6.09 Å². The van der Waals surface area contributed by atoms with Crippen molar-refractivity contribution in [3.8, 4) is 17.6 Å². The molecule has 0 aromatic heterocycles. The van der Waals surface area contributed by atoms with Crippen LogP contribution in [0.1, 0.15) is 16.7 Å². The third-order valence-corrected chi connectivity index (χ3v) is 4.10. The summed E-state index contributed by atoms with van der Waals surface area (Å²) in [7, 11) is 0. The van der Waals surface area contributed by atoms with Crippen LogP contribution in [0.3, 0.4) is 0 Å². The van der Waals surface area contributed by atoms with Gasteiger partial charge in [-0.3, -0.25) is 0 Å². The number of aliphatic hydroxyl groups excluding tert-OH is 1. The van der Waals surface area contributed by atoms with Crippen molar-refractivity contribution in [1.29, 1.82) is 0 Å². The van der Waals surface area contributed by atoms with Crippen LogP contribution in [0.2, 0.25) is 5.02 Å². The largest absolute Gasteiger partial charge is 0.410 e. The Balaban J connectivity index is 2.44. The first-order valence-electron chi connectivity index (χ1n) is 6.19. The van der Waals surface area contributed by atoms with Crippen LogP contribution >= 0.6 is 27.5 Å². The number of hydrogen-bond acceptors (Lipinski definition) is 3. The zero-order valence-corrected chi connectivity index (χ0v) is 13.6. The Bertz CT molecular complexity index is 781. The standard InChI is InChI=1S/C16H11BrClNO3/c17-13-8-7-10(12(9-20)15(13)18)5-6-11-3-1-2-4-14(11)22-16(19)21/h1-4,7-8,20H,9H2,(H2,19,21). The molecular weight excluding hydrogens is 370 g/mol. The summed E-state index contributed by atoms with van der Waals surface area (Å²) in [6, 6.07) is 10.3. The number of amides is 1. The number of para-hydroxylation sites is 1. The third-order valence-electron chi connectivity index (χ3n) is 2.78. The van der Waals surface area contributed by atoms with Gasteiger partial charge in [0.15, 0.2) is 0 Å². The predicted octanol–water partition coefficient (Wildman–Crippen LogP) is 3.45. The SMILES string of the molecule is NC(=O)Oc1ccccc1C#Cc1ccc(Br)c(Cl)c1CO. The molecular formula is C16H11BrClNO3. The van der Waals surface area contributed by atoms with Crippen LogP contribution in [0.15, 0.2) is 40.9 Å². The number of carbonyl (C=O) groups is 1. The first-order chi connectivity index (χ1) is 10.5. The Kier molecular flexibility index (Phi) is 5.45. The van der Waals surface area contributed by atoms with Gasteiger partial charge in [0.2, 0.25) is 0 Å². The van der Waals surface area contributed by atoms with E-state index in [0.717, 1.165) is 0 Å². The van der Waals surface area contributed by atoms with E-state index >= 15 is 0 Å². The Morgan fingerprint density at radius 3 is 2.59 bits per heavy atom. The van der Waals surface area contributed by atoms with Gasteiger partial charge in [0.25, 0.3) is 0 Å². The average Bonchev–Trinajstić information content (AvgIpc) is 2.49. The predicted molar refractivity (Wildman–Crippen MR) is 87.7 cm³/mol. The number of benzene rings is 2. The molecule has 2 aromatic rings. The molecule has 2 rings (SSSR count). The second-order valence-corrected chi connectivity index (χ2v) is 5.45. The van der Waals surface area contributed by atoms with Crippen LogP contribution in [0.4, 0.5) is 4.79 Å². The van der Waals surface area contributed by atoms with Crippen molar-refractivity contribution in [1.82, 2.24) is 0 Å². The number of carbonyl (C=O) groups excluding carboxylic acids is 1. The molecule has 6 heteroatoms. The lowest BCUT2D eigenvalue weighted by Gasteiger charge is -2.06. The van der Waals surface area contributed by atoms with E-state index in [0.29, 0.717) is 26.2 Å². The number of primary amides is 1. The van der Waals surface area contributed by atoms with Crippen molar-refractivity contribution in [3.05, 3.63) is 62.6 Å². The molecule has 0 saturated carbocycles. The molecule has 0 aliphatic carbocycles. The van der Waals surface area contributed by atoms with E-state index < -0.39 is 6.09 Å². The molecule has 1 amide bonds. The molecule has 0 unspecified atom stereocenters. The lowest BCUT2D eigenvalue weighted by atomic mass is 10.1. The first-order valence-corrected chi connectivity index (χ1v) is 7.36. The monoisotopic (exact) mass is 379 g/mol. The molecule has 2 aromatic carbocycles. The van der Waals surface area contributed by atoms with Gasteiger partial charge in [-0.1, -0.05) is 35.6 Å². The van der Waals surface area contributed by atoms with Gasteiger partial charge in [-0.15, -0.1) is 0 Å². The Morgan fingerprint density at radius 2 is 1.91 bits per heavy atom. The average molecular weight is 381 g/mol. The molecule has 0 spiro atoms. The van der Waals surface area contributed by atoms with Gasteiger partial charge in [0, 0.05) is 15.6 Å². The minimum atomic E-state index is -0.906. The Morgan fingerprint density at radius 1 is 1.23 bits per heavy atom. The van der Waals surface area contributed by atoms with E-state index in [9.17, 15) is 9.90 Å². The maximum atomic E-state index is 10.9. The smallest absolute Gasteiger partial charge is 0.409 e. The third kappa shape index (κ3) is 3.80. The maximum Gasteiger partial charge on any atom is 0.410 e. The minimum Gasteiger partial charge on any atom is -0.409 e. The molecule has 0 bridgehead atoms. The summed E-state index contributed by atoms with van der Waals surface area (Å²) >= 11 is 9.41. The number of aliphatic hydroxyl groups is 1. The summed E-state index contributed by atoms with van der Waals surface area (Å²) in [6.45, 7) is -0.234. The van der Waals surface area contributed by atoms with Crippen molar-refractivity contribution in [3.63, 3.8) is 0 Å². The van der Waals surface area contributed by atoms with Gasteiger partial charge in [-0.25, -0.2) is 4.79 Å². The van der Waals surface area contributed by atoms with Crippen molar-refractivity contribution in [2.75, 3.05) is 0 Å². The van der Waals surface area contributed by atoms with E-state index in [-0.39, 0.29) is 12.4 Å². The summed E-state index contributed by atoms with van der Waals surface area (Å²) in [5, 5.41) is 9.85. The fourth-order valence-electron chi connectivity index (χ4n) is 1.77. The van der Waals surface area contributed by atoms with Gasteiger partial charge in [-0.05, 0) is 40.2 Å². The zero-order chi connectivity index (χ0) is 16.1. The molecule has 0 aliphatic rings. The van der Waals surface area contributed by atoms with E-state index in [1.54, 1.807) is 36.4 Å². The van der Waals surface area contributed by atoms with Crippen LogP contribution in [0, 0.1) is 11.8 Å². The summed E-state index contributed by atoms with van der Waals surface area (Å²) in [6.07, 6.45) is -0.906. The summed E-state index contributed by atoms with van der Waals surface area (Å²) in [5.41, 5.74) is 6.63. The summed E-state index contributed by atoms with van der Waals surface area (Å²) < 4.78 is 5.57. The number of halogens is 2. The summed E-state index contributed by atoms with van der Waals surface area (Å²) in [4.78, 5) is 10.9. The van der Waals surface area contributed by atoms with Gasteiger partial charge in [0.05, 0.1) is 17.2 Å². The molecule has 0 heterocycles. The van der Waals surface area contributed by atoms with E-state index in [1.165, 1.54) is 0 Å². The first kappa shape index (κ1) is 16.4. The lowest BCUT2D eigenvalue weighted by molar-refractivity contribution is 0.210. The highest BCUT2D eigenvalue weighted by Gasteiger charge is 2.08. The molecule has 4 nitrogen and oxygen atoms in total. The quantitative estimate of drug-likeness (QED) is 0.784. The van der Waals surface area contributed by atoms with Crippen LogP contribution in [-0.2, 0) is 6.61 Å². The molecule has 0 atom stereocenters. The molecule has 0 fully saturated rings. The molecule has 22 heavy (non-hydrogen) atoms. The highest BCUT2D eigenvalue weighted by molar-refractivity contribution is 9.10. The molecule has 0 aliphatic heterocycles. The van der Waals surface area contributed by atoms with Crippen LogP contribution in [0.25, 0.3) is 0 Å². The second-order valence-electron chi connectivity index (χ2n) is 4.21. The van der Waals surface area contributed by atoms with Gasteiger partial charge in [0.1, 0.15) is 5.75 Å². The fraction of sp³-hybridized carbons (Fsp3) is 0.0625. The second kappa shape index (κ2) is 7.32.